The highest BCUT2D eigenvalue weighted by Gasteiger charge is 2.18. The Morgan fingerprint density at radius 1 is 1.12 bits per heavy atom. The number of anilines is 2. The fourth-order valence-electron chi connectivity index (χ4n) is 3.03. The van der Waals surface area contributed by atoms with Crippen LogP contribution in [0.5, 0.6) is 0 Å². The molecule has 1 heterocycles. The van der Waals surface area contributed by atoms with E-state index in [9.17, 15) is 4.79 Å². The number of carbonyl (C=O) groups is 1. The van der Waals surface area contributed by atoms with Gasteiger partial charge in [-0.05, 0) is 67.4 Å². The Hall–Kier alpha value is -2.11. The molecule has 0 bridgehead atoms. The molecular formula is C20H22ClN3OS. The average molecular weight is 388 g/mol. The SMILES string of the molecule is CC1CCN(c2ccccc2NC(=S)NC(=O)c2ccc(Cl)cc2)CC1. The normalized spacial score (nSPS) is 14.8. The molecular weight excluding hydrogens is 366 g/mol. The highest BCUT2D eigenvalue weighted by Crippen LogP contribution is 2.29. The molecule has 0 spiro atoms. The van der Waals surface area contributed by atoms with Crippen LogP contribution in [0, 0.1) is 5.92 Å². The van der Waals surface area contributed by atoms with Crippen molar-refractivity contribution >= 4 is 46.2 Å². The lowest BCUT2D eigenvalue weighted by Crippen LogP contribution is -2.36. The maximum absolute atomic E-state index is 12.3. The molecule has 1 fully saturated rings. The highest BCUT2D eigenvalue weighted by molar-refractivity contribution is 7.80. The molecule has 0 aliphatic carbocycles. The minimum Gasteiger partial charge on any atom is -0.370 e. The van der Waals surface area contributed by atoms with Crippen LogP contribution < -0.4 is 15.5 Å². The van der Waals surface area contributed by atoms with Crippen molar-refractivity contribution in [3.05, 3.63) is 59.1 Å². The molecule has 26 heavy (non-hydrogen) atoms. The van der Waals surface area contributed by atoms with E-state index in [-0.39, 0.29) is 11.0 Å². The number of benzene rings is 2. The monoisotopic (exact) mass is 387 g/mol. The second-order valence-corrected chi connectivity index (χ2v) is 7.45. The van der Waals surface area contributed by atoms with Crippen LogP contribution in [0.4, 0.5) is 11.4 Å². The second kappa shape index (κ2) is 8.52. The third-order valence-electron chi connectivity index (χ3n) is 4.61. The van der Waals surface area contributed by atoms with Gasteiger partial charge in [0.15, 0.2) is 5.11 Å². The van der Waals surface area contributed by atoms with Gasteiger partial charge in [-0.25, -0.2) is 0 Å². The van der Waals surface area contributed by atoms with Crippen LogP contribution in [0.25, 0.3) is 0 Å². The zero-order valence-corrected chi connectivity index (χ0v) is 16.2. The number of hydrogen-bond donors (Lipinski definition) is 2. The minimum absolute atomic E-state index is 0.261. The lowest BCUT2D eigenvalue weighted by molar-refractivity contribution is 0.0978. The first-order chi connectivity index (χ1) is 12.5. The van der Waals surface area contributed by atoms with Gasteiger partial charge in [-0.15, -0.1) is 0 Å². The topological polar surface area (TPSA) is 44.4 Å². The first-order valence-corrected chi connectivity index (χ1v) is 9.53. The van der Waals surface area contributed by atoms with Gasteiger partial charge < -0.3 is 10.2 Å². The van der Waals surface area contributed by atoms with Crippen LogP contribution in [0.15, 0.2) is 48.5 Å². The third kappa shape index (κ3) is 4.74. The predicted molar refractivity (Wildman–Crippen MR) is 112 cm³/mol. The van der Waals surface area contributed by atoms with Gasteiger partial charge in [0.2, 0.25) is 0 Å². The van der Waals surface area contributed by atoms with Crippen LogP contribution in [-0.4, -0.2) is 24.1 Å². The summed E-state index contributed by atoms with van der Waals surface area (Å²) >= 11 is 11.2. The van der Waals surface area contributed by atoms with Crippen molar-refractivity contribution in [2.45, 2.75) is 19.8 Å². The number of piperidine rings is 1. The fraction of sp³-hybridized carbons (Fsp3) is 0.300. The first-order valence-electron chi connectivity index (χ1n) is 8.75. The Balaban J connectivity index is 1.66. The van der Waals surface area contributed by atoms with Crippen molar-refractivity contribution in [2.75, 3.05) is 23.3 Å². The van der Waals surface area contributed by atoms with Crippen LogP contribution in [-0.2, 0) is 0 Å². The summed E-state index contributed by atoms with van der Waals surface area (Å²) in [6, 6.07) is 14.7. The zero-order valence-electron chi connectivity index (χ0n) is 14.7. The molecule has 3 rings (SSSR count). The summed E-state index contributed by atoms with van der Waals surface area (Å²) in [7, 11) is 0. The van der Waals surface area contributed by atoms with Crippen molar-refractivity contribution in [2.24, 2.45) is 5.92 Å². The number of rotatable bonds is 3. The molecule has 2 N–H and O–H groups in total. The molecule has 1 aliphatic heterocycles. The molecule has 136 valence electrons. The molecule has 0 unspecified atom stereocenters. The Bertz CT molecular complexity index is 786. The van der Waals surface area contributed by atoms with Crippen molar-refractivity contribution in [1.82, 2.24) is 5.32 Å². The maximum atomic E-state index is 12.3. The number of carbonyl (C=O) groups excluding carboxylic acids is 1. The van der Waals surface area contributed by atoms with Crippen molar-refractivity contribution in [3.63, 3.8) is 0 Å². The van der Waals surface area contributed by atoms with E-state index in [1.807, 2.05) is 18.2 Å². The number of halogens is 1. The van der Waals surface area contributed by atoms with E-state index in [4.69, 9.17) is 23.8 Å². The Morgan fingerprint density at radius 3 is 2.46 bits per heavy atom. The smallest absolute Gasteiger partial charge is 0.257 e. The summed E-state index contributed by atoms with van der Waals surface area (Å²) in [6.07, 6.45) is 2.37. The van der Waals surface area contributed by atoms with Gasteiger partial charge in [0.25, 0.3) is 5.91 Å². The van der Waals surface area contributed by atoms with E-state index in [2.05, 4.69) is 28.5 Å². The number of nitrogens with zero attached hydrogens (tertiary/aromatic N) is 1. The maximum Gasteiger partial charge on any atom is 0.257 e. The lowest BCUT2D eigenvalue weighted by Gasteiger charge is -2.33. The average Bonchev–Trinajstić information content (AvgIpc) is 2.63. The first kappa shape index (κ1) is 18.7. The molecule has 0 aromatic heterocycles. The molecule has 2 aromatic carbocycles. The second-order valence-electron chi connectivity index (χ2n) is 6.60. The Labute approximate surface area is 164 Å². The molecule has 0 atom stereocenters. The Kier molecular flexibility index (Phi) is 6.12. The van der Waals surface area contributed by atoms with E-state index < -0.39 is 0 Å². The number of thiocarbonyl (C=S) groups is 1. The standard InChI is InChI=1S/C20H22ClN3OS/c1-14-10-12-24(13-11-14)18-5-3-2-4-17(18)22-20(26)23-19(25)15-6-8-16(21)9-7-15/h2-9,14H,10-13H2,1H3,(H2,22,23,25,26). The molecule has 2 aromatic rings. The lowest BCUT2D eigenvalue weighted by atomic mass is 9.98. The molecule has 0 radical (unpaired) electrons. The summed E-state index contributed by atoms with van der Waals surface area (Å²) in [5.41, 5.74) is 2.53. The van der Waals surface area contributed by atoms with Crippen LogP contribution in [0.2, 0.25) is 5.02 Å². The fourth-order valence-corrected chi connectivity index (χ4v) is 3.36. The molecule has 1 aliphatic rings. The molecule has 1 saturated heterocycles. The predicted octanol–water partition coefficient (Wildman–Crippen LogP) is 4.70. The summed E-state index contributed by atoms with van der Waals surface area (Å²) in [5.74, 6) is 0.509. The van der Waals surface area contributed by atoms with Gasteiger partial charge in [-0.3, -0.25) is 10.1 Å². The third-order valence-corrected chi connectivity index (χ3v) is 5.07. The summed E-state index contributed by atoms with van der Waals surface area (Å²) in [5, 5.41) is 6.75. The molecule has 0 saturated carbocycles. The van der Waals surface area contributed by atoms with E-state index >= 15 is 0 Å². The van der Waals surface area contributed by atoms with Gasteiger partial charge in [-0.2, -0.15) is 0 Å². The van der Waals surface area contributed by atoms with Crippen LogP contribution in [0.3, 0.4) is 0 Å². The molecule has 6 heteroatoms. The summed E-state index contributed by atoms with van der Waals surface area (Å²) in [6.45, 7) is 4.36. The van der Waals surface area contributed by atoms with E-state index in [1.165, 1.54) is 12.8 Å². The number of amides is 1. The number of nitrogens with one attached hydrogen (secondary N) is 2. The number of hydrogen-bond acceptors (Lipinski definition) is 3. The molecule has 4 nitrogen and oxygen atoms in total. The van der Waals surface area contributed by atoms with Gasteiger partial charge >= 0.3 is 0 Å². The van der Waals surface area contributed by atoms with E-state index in [0.717, 1.165) is 30.4 Å². The summed E-state index contributed by atoms with van der Waals surface area (Å²) in [4.78, 5) is 14.7. The van der Waals surface area contributed by atoms with Crippen molar-refractivity contribution in [1.29, 1.82) is 0 Å². The van der Waals surface area contributed by atoms with Gasteiger partial charge in [0.1, 0.15) is 0 Å². The van der Waals surface area contributed by atoms with E-state index in [0.29, 0.717) is 10.6 Å². The quantitative estimate of drug-likeness (QED) is 0.749. The van der Waals surface area contributed by atoms with Crippen LogP contribution in [0.1, 0.15) is 30.1 Å². The van der Waals surface area contributed by atoms with Crippen molar-refractivity contribution < 1.29 is 4.79 Å². The molecule has 1 amide bonds. The van der Waals surface area contributed by atoms with Gasteiger partial charge in [0.05, 0.1) is 11.4 Å². The van der Waals surface area contributed by atoms with Crippen LogP contribution >= 0.6 is 23.8 Å². The van der Waals surface area contributed by atoms with Gasteiger partial charge in [-0.1, -0.05) is 30.7 Å². The van der Waals surface area contributed by atoms with Gasteiger partial charge in [0, 0.05) is 23.7 Å². The van der Waals surface area contributed by atoms with Crippen molar-refractivity contribution in [3.8, 4) is 0 Å². The van der Waals surface area contributed by atoms with E-state index in [1.54, 1.807) is 24.3 Å². The summed E-state index contributed by atoms with van der Waals surface area (Å²) < 4.78 is 0. The Morgan fingerprint density at radius 2 is 1.77 bits per heavy atom. The largest absolute Gasteiger partial charge is 0.370 e. The number of para-hydroxylation sites is 2. The highest BCUT2D eigenvalue weighted by atomic mass is 35.5. The zero-order chi connectivity index (χ0) is 18.5. The minimum atomic E-state index is -0.261.